The summed E-state index contributed by atoms with van der Waals surface area (Å²) in [4.78, 5) is 7.80. The molecular weight excluding hydrogens is 212 g/mol. The normalized spacial score (nSPS) is 12.4. The van der Waals surface area contributed by atoms with E-state index < -0.39 is 17.7 Å². The molecule has 1 heterocycles. The molecule has 1 aromatic heterocycles. The van der Waals surface area contributed by atoms with Crippen LogP contribution in [0.5, 0.6) is 0 Å². The van der Waals surface area contributed by atoms with Crippen LogP contribution in [-0.4, -0.2) is 9.97 Å². The van der Waals surface area contributed by atoms with Crippen LogP contribution in [0.15, 0.2) is 36.7 Å². The van der Waals surface area contributed by atoms with Crippen molar-refractivity contribution in [2.24, 2.45) is 5.73 Å². The minimum Gasteiger partial charge on any atom is -0.318 e. The first kappa shape index (κ1) is 10.6. The van der Waals surface area contributed by atoms with Gasteiger partial charge in [0.15, 0.2) is 0 Å². The molecule has 16 heavy (non-hydrogen) atoms. The van der Waals surface area contributed by atoms with E-state index in [2.05, 4.69) is 9.97 Å². The van der Waals surface area contributed by atoms with Crippen LogP contribution in [0.4, 0.5) is 8.78 Å². The van der Waals surface area contributed by atoms with Crippen molar-refractivity contribution in [3.05, 3.63) is 59.7 Å². The molecule has 0 saturated carbocycles. The lowest BCUT2D eigenvalue weighted by molar-refractivity contribution is 0.572. The van der Waals surface area contributed by atoms with Crippen LogP contribution in [0.1, 0.15) is 17.4 Å². The Morgan fingerprint density at radius 3 is 2.50 bits per heavy atom. The first-order valence-corrected chi connectivity index (χ1v) is 4.66. The molecule has 0 bridgehead atoms. The third kappa shape index (κ3) is 2.04. The van der Waals surface area contributed by atoms with Crippen LogP contribution in [0.25, 0.3) is 0 Å². The Morgan fingerprint density at radius 1 is 1.12 bits per heavy atom. The lowest BCUT2D eigenvalue weighted by atomic mass is 10.1. The number of nitrogens with zero attached hydrogens (tertiary/aromatic N) is 2. The summed E-state index contributed by atoms with van der Waals surface area (Å²) in [6.07, 6.45) is 3.00. The van der Waals surface area contributed by atoms with Crippen molar-refractivity contribution in [1.82, 2.24) is 9.97 Å². The molecule has 0 saturated heterocycles. The second-order valence-electron chi connectivity index (χ2n) is 3.25. The Kier molecular flexibility index (Phi) is 2.87. The Labute approximate surface area is 91.0 Å². The summed E-state index contributed by atoms with van der Waals surface area (Å²) in [6.45, 7) is 0. The lowest BCUT2D eigenvalue weighted by Crippen LogP contribution is -2.16. The number of aromatic nitrogens is 2. The highest BCUT2D eigenvalue weighted by Crippen LogP contribution is 2.20. The van der Waals surface area contributed by atoms with Crippen molar-refractivity contribution in [2.75, 3.05) is 0 Å². The minimum atomic E-state index is -0.864. The number of rotatable bonds is 2. The third-order valence-corrected chi connectivity index (χ3v) is 2.16. The molecule has 1 unspecified atom stereocenters. The topological polar surface area (TPSA) is 51.8 Å². The van der Waals surface area contributed by atoms with Gasteiger partial charge in [-0.05, 0) is 24.3 Å². The molecule has 2 aromatic rings. The quantitative estimate of drug-likeness (QED) is 0.841. The lowest BCUT2D eigenvalue weighted by Gasteiger charge is -2.11. The van der Waals surface area contributed by atoms with Gasteiger partial charge in [-0.25, -0.2) is 18.7 Å². The first-order chi connectivity index (χ1) is 7.68. The molecule has 0 aliphatic carbocycles. The van der Waals surface area contributed by atoms with Crippen molar-refractivity contribution >= 4 is 0 Å². The molecule has 5 heteroatoms. The fourth-order valence-corrected chi connectivity index (χ4v) is 1.36. The largest absolute Gasteiger partial charge is 0.318 e. The Hall–Kier alpha value is -1.88. The van der Waals surface area contributed by atoms with E-state index in [1.54, 1.807) is 6.07 Å². The molecule has 1 atom stereocenters. The van der Waals surface area contributed by atoms with Gasteiger partial charge in [-0.15, -0.1) is 0 Å². The smallest absolute Gasteiger partial charge is 0.149 e. The zero-order chi connectivity index (χ0) is 11.5. The van der Waals surface area contributed by atoms with Crippen molar-refractivity contribution in [1.29, 1.82) is 0 Å². The molecule has 0 aliphatic heterocycles. The van der Waals surface area contributed by atoms with Gasteiger partial charge in [0.05, 0.1) is 6.04 Å². The summed E-state index contributed by atoms with van der Waals surface area (Å²) in [5, 5.41) is 0. The molecule has 82 valence electrons. The van der Waals surface area contributed by atoms with E-state index in [4.69, 9.17) is 5.73 Å². The molecule has 3 nitrogen and oxygen atoms in total. The summed E-state index contributed by atoms with van der Waals surface area (Å²) < 4.78 is 26.4. The van der Waals surface area contributed by atoms with Crippen LogP contribution in [-0.2, 0) is 0 Å². The fourth-order valence-electron chi connectivity index (χ4n) is 1.36. The second kappa shape index (κ2) is 4.32. The molecule has 2 N–H and O–H groups in total. The molecule has 2 rings (SSSR count). The number of nitrogens with two attached hydrogens (primary N) is 1. The summed E-state index contributed by atoms with van der Waals surface area (Å²) in [5.74, 6) is -0.851. The second-order valence-corrected chi connectivity index (χ2v) is 3.25. The standard InChI is InChI=1S/C11H9F2N3/c12-7-2-3-9(13)8(6-7)10(14)11-15-4-1-5-16-11/h1-6,10H,14H2. The monoisotopic (exact) mass is 221 g/mol. The highest BCUT2D eigenvalue weighted by atomic mass is 19.1. The van der Waals surface area contributed by atoms with Gasteiger partial charge in [0.2, 0.25) is 0 Å². The Balaban J connectivity index is 2.41. The van der Waals surface area contributed by atoms with Gasteiger partial charge in [0, 0.05) is 18.0 Å². The molecular formula is C11H9F2N3. The predicted molar refractivity (Wildman–Crippen MR) is 54.4 cm³/mol. The number of hydrogen-bond acceptors (Lipinski definition) is 3. The molecule has 0 aliphatic rings. The maximum atomic E-state index is 13.4. The Bertz CT molecular complexity index is 488. The van der Waals surface area contributed by atoms with Crippen LogP contribution in [0.3, 0.4) is 0 Å². The molecule has 0 amide bonds. The number of hydrogen-bond donors (Lipinski definition) is 1. The van der Waals surface area contributed by atoms with Gasteiger partial charge in [-0.2, -0.15) is 0 Å². The van der Waals surface area contributed by atoms with Gasteiger partial charge < -0.3 is 5.73 Å². The zero-order valence-electron chi connectivity index (χ0n) is 8.27. The summed E-state index contributed by atoms with van der Waals surface area (Å²) in [6, 6.07) is 3.89. The summed E-state index contributed by atoms with van der Waals surface area (Å²) >= 11 is 0. The average Bonchev–Trinajstić information content (AvgIpc) is 2.32. The van der Waals surface area contributed by atoms with Gasteiger partial charge in [-0.3, -0.25) is 0 Å². The maximum Gasteiger partial charge on any atom is 0.149 e. The van der Waals surface area contributed by atoms with Crippen molar-refractivity contribution in [3.63, 3.8) is 0 Å². The predicted octanol–water partition coefficient (Wildman–Crippen LogP) is 1.80. The molecule has 0 spiro atoms. The van der Waals surface area contributed by atoms with Gasteiger partial charge >= 0.3 is 0 Å². The van der Waals surface area contributed by atoms with Crippen LogP contribution in [0.2, 0.25) is 0 Å². The molecule has 0 radical (unpaired) electrons. The van der Waals surface area contributed by atoms with E-state index in [1.807, 2.05) is 0 Å². The molecule has 1 aromatic carbocycles. The summed E-state index contributed by atoms with van der Waals surface area (Å²) in [5.41, 5.74) is 5.80. The maximum absolute atomic E-state index is 13.4. The number of benzene rings is 1. The van der Waals surface area contributed by atoms with E-state index in [0.29, 0.717) is 0 Å². The van der Waals surface area contributed by atoms with Gasteiger partial charge in [-0.1, -0.05) is 0 Å². The average molecular weight is 221 g/mol. The first-order valence-electron chi connectivity index (χ1n) is 4.66. The van der Waals surface area contributed by atoms with Crippen LogP contribution in [0, 0.1) is 11.6 Å². The SMILES string of the molecule is NC(c1ncccn1)c1cc(F)ccc1F. The van der Waals surface area contributed by atoms with Crippen LogP contribution >= 0.6 is 0 Å². The van der Waals surface area contributed by atoms with E-state index >= 15 is 0 Å². The minimum absolute atomic E-state index is 0.0474. The zero-order valence-corrected chi connectivity index (χ0v) is 8.27. The van der Waals surface area contributed by atoms with Gasteiger partial charge in [0.25, 0.3) is 0 Å². The fraction of sp³-hybridized carbons (Fsp3) is 0.0909. The van der Waals surface area contributed by atoms with Crippen molar-refractivity contribution in [3.8, 4) is 0 Å². The van der Waals surface area contributed by atoms with Crippen molar-refractivity contribution < 1.29 is 8.78 Å². The number of halogens is 2. The van der Waals surface area contributed by atoms with E-state index in [-0.39, 0.29) is 11.4 Å². The third-order valence-electron chi connectivity index (χ3n) is 2.16. The van der Waals surface area contributed by atoms with Crippen LogP contribution < -0.4 is 5.73 Å². The summed E-state index contributed by atoms with van der Waals surface area (Å²) in [7, 11) is 0. The van der Waals surface area contributed by atoms with Crippen molar-refractivity contribution in [2.45, 2.75) is 6.04 Å². The highest BCUT2D eigenvalue weighted by molar-refractivity contribution is 5.26. The highest BCUT2D eigenvalue weighted by Gasteiger charge is 2.16. The Morgan fingerprint density at radius 2 is 1.81 bits per heavy atom. The van der Waals surface area contributed by atoms with Gasteiger partial charge in [0.1, 0.15) is 17.5 Å². The van der Waals surface area contributed by atoms with E-state index in [1.165, 1.54) is 12.4 Å². The molecule has 0 fully saturated rings. The van der Waals surface area contributed by atoms with E-state index in [0.717, 1.165) is 18.2 Å². The van der Waals surface area contributed by atoms with E-state index in [9.17, 15) is 8.78 Å².